The SMILES string of the molecule is CCCCCCCC/C=C\CCCCCCCCOc1ccc(C(=O)c2ccccc2C(=O)O)c(OCCCCCCCC/C=C\CCCCCCCC)c1. The predicted molar refractivity (Wildman–Crippen MR) is 233 cm³/mol. The number of rotatable bonds is 37. The van der Waals surface area contributed by atoms with Crippen LogP contribution in [0.25, 0.3) is 0 Å². The van der Waals surface area contributed by atoms with E-state index in [0.29, 0.717) is 30.3 Å². The molecule has 0 saturated heterocycles. The second-order valence-electron chi connectivity index (χ2n) is 15.4. The number of carbonyl (C=O) groups excluding carboxylic acids is 1. The van der Waals surface area contributed by atoms with Crippen LogP contribution in [0.3, 0.4) is 0 Å². The highest BCUT2D eigenvalue weighted by Crippen LogP contribution is 2.29. The van der Waals surface area contributed by atoms with E-state index >= 15 is 0 Å². The molecule has 0 amide bonds. The number of carboxylic acids is 1. The number of benzene rings is 2. The minimum absolute atomic E-state index is 0.00738. The summed E-state index contributed by atoms with van der Waals surface area (Å²) >= 11 is 0. The summed E-state index contributed by atoms with van der Waals surface area (Å²) in [5.74, 6) is -0.344. The second-order valence-corrected chi connectivity index (χ2v) is 15.4. The summed E-state index contributed by atoms with van der Waals surface area (Å²) in [7, 11) is 0. The second kappa shape index (κ2) is 34.0. The van der Waals surface area contributed by atoms with E-state index in [1.807, 2.05) is 0 Å². The molecule has 0 aliphatic rings. The van der Waals surface area contributed by atoms with Gasteiger partial charge in [0, 0.05) is 11.6 Å². The maximum atomic E-state index is 13.6. The molecule has 5 nitrogen and oxygen atoms in total. The van der Waals surface area contributed by atoms with Crippen molar-refractivity contribution in [3.05, 3.63) is 83.5 Å². The maximum absolute atomic E-state index is 13.6. The van der Waals surface area contributed by atoms with Gasteiger partial charge < -0.3 is 14.6 Å². The van der Waals surface area contributed by atoms with Crippen molar-refractivity contribution < 1.29 is 24.2 Å². The van der Waals surface area contributed by atoms with Crippen molar-refractivity contribution >= 4 is 11.8 Å². The monoisotopic (exact) mass is 759 g/mol. The number of hydrogen-bond donors (Lipinski definition) is 1. The molecule has 0 aliphatic carbocycles. The average Bonchev–Trinajstić information content (AvgIpc) is 3.20. The third-order valence-corrected chi connectivity index (χ3v) is 10.4. The lowest BCUT2D eigenvalue weighted by Crippen LogP contribution is -2.12. The van der Waals surface area contributed by atoms with Crippen LogP contribution < -0.4 is 9.47 Å². The number of carbonyl (C=O) groups is 2. The highest BCUT2D eigenvalue weighted by Gasteiger charge is 2.21. The molecule has 308 valence electrons. The van der Waals surface area contributed by atoms with Crippen LogP contribution in [0, 0.1) is 0 Å². The Hall–Kier alpha value is -3.34. The van der Waals surface area contributed by atoms with Crippen molar-refractivity contribution in [3.63, 3.8) is 0 Å². The zero-order chi connectivity index (χ0) is 39.4. The van der Waals surface area contributed by atoms with E-state index in [1.54, 1.807) is 36.4 Å². The predicted octanol–water partition coefficient (Wildman–Crippen LogP) is 15.4. The molecule has 0 atom stereocenters. The van der Waals surface area contributed by atoms with Gasteiger partial charge in [-0.25, -0.2) is 4.79 Å². The molecule has 0 saturated carbocycles. The molecule has 0 unspecified atom stereocenters. The van der Waals surface area contributed by atoms with E-state index in [9.17, 15) is 14.7 Å². The molecule has 55 heavy (non-hydrogen) atoms. The van der Waals surface area contributed by atoms with E-state index in [-0.39, 0.29) is 16.9 Å². The fourth-order valence-electron chi connectivity index (χ4n) is 6.98. The summed E-state index contributed by atoms with van der Waals surface area (Å²) in [6.07, 6.45) is 44.6. The number of unbranched alkanes of at least 4 members (excludes halogenated alkanes) is 24. The lowest BCUT2D eigenvalue weighted by atomic mass is 9.97. The molecule has 0 fully saturated rings. The summed E-state index contributed by atoms with van der Waals surface area (Å²) in [5, 5.41) is 9.71. The van der Waals surface area contributed by atoms with Crippen molar-refractivity contribution in [1.29, 1.82) is 0 Å². The zero-order valence-electron chi connectivity index (χ0n) is 35.1. The van der Waals surface area contributed by atoms with Crippen molar-refractivity contribution in [1.82, 2.24) is 0 Å². The van der Waals surface area contributed by atoms with Crippen LogP contribution in [0.4, 0.5) is 0 Å². The number of hydrogen-bond acceptors (Lipinski definition) is 4. The van der Waals surface area contributed by atoms with Gasteiger partial charge in [-0.3, -0.25) is 4.79 Å². The van der Waals surface area contributed by atoms with Crippen LogP contribution in [0.5, 0.6) is 11.5 Å². The minimum Gasteiger partial charge on any atom is -0.493 e. The molecule has 0 aromatic heterocycles. The lowest BCUT2D eigenvalue weighted by Gasteiger charge is -2.14. The molecule has 5 heteroatoms. The summed E-state index contributed by atoms with van der Waals surface area (Å²) in [6, 6.07) is 11.7. The van der Waals surface area contributed by atoms with Crippen LogP contribution in [0.2, 0.25) is 0 Å². The molecular weight excluding hydrogens is 681 g/mol. The van der Waals surface area contributed by atoms with Crippen LogP contribution in [-0.2, 0) is 0 Å². The van der Waals surface area contributed by atoms with Gasteiger partial charge in [-0.05, 0) is 82.4 Å². The van der Waals surface area contributed by atoms with Gasteiger partial charge in [-0.2, -0.15) is 0 Å². The Bertz CT molecular complexity index is 1310. The highest BCUT2D eigenvalue weighted by molar-refractivity contribution is 6.15. The summed E-state index contributed by atoms with van der Waals surface area (Å²) < 4.78 is 12.3. The number of ketones is 1. The molecule has 2 aromatic rings. The standard InChI is InChI=1S/C50H78O5/c1-3-5-7-9-11-13-15-17-19-21-23-25-27-29-31-35-41-54-44-39-40-47(49(51)45-37-33-34-38-46(45)50(52)53)48(43-44)55-42-36-32-30-28-26-24-22-20-18-16-14-12-10-8-6-4-2/h17-20,33-34,37-40,43H,3-16,21-32,35-36,41-42H2,1-2H3,(H,52,53)/b19-17-,20-18-. The lowest BCUT2D eigenvalue weighted by molar-refractivity contribution is 0.0692. The third kappa shape index (κ3) is 24.0. The van der Waals surface area contributed by atoms with Gasteiger partial charge in [0.1, 0.15) is 11.5 Å². The number of ether oxygens (including phenoxy) is 2. The number of allylic oxidation sites excluding steroid dienone is 4. The summed E-state index contributed by atoms with van der Waals surface area (Å²) in [5.41, 5.74) is 0.518. The fourth-order valence-corrected chi connectivity index (χ4v) is 6.98. The maximum Gasteiger partial charge on any atom is 0.336 e. The summed E-state index contributed by atoms with van der Waals surface area (Å²) in [6.45, 7) is 5.65. The zero-order valence-corrected chi connectivity index (χ0v) is 35.1. The van der Waals surface area contributed by atoms with Crippen LogP contribution >= 0.6 is 0 Å². The van der Waals surface area contributed by atoms with Gasteiger partial charge in [0.2, 0.25) is 0 Å². The quantitative estimate of drug-likeness (QED) is 0.0422. The Labute approximate surface area is 336 Å². The molecule has 2 aromatic carbocycles. The van der Waals surface area contributed by atoms with Crippen molar-refractivity contribution in [2.75, 3.05) is 13.2 Å². The summed E-state index contributed by atoms with van der Waals surface area (Å²) in [4.78, 5) is 25.5. The Kier molecular flexibility index (Phi) is 29.5. The number of carboxylic acid groups (broad SMARTS) is 1. The minimum atomic E-state index is -1.12. The molecule has 0 aliphatic heterocycles. The molecule has 0 heterocycles. The van der Waals surface area contributed by atoms with Gasteiger partial charge in [0.25, 0.3) is 0 Å². The Morgan fingerprint density at radius 1 is 0.473 bits per heavy atom. The van der Waals surface area contributed by atoms with E-state index < -0.39 is 5.97 Å². The van der Waals surface area contributed by atoms with Gasteiger partial charge in [0.05, 0.1) is 24.3 Å². The first-order valence-corrected chi connectivity index (χ1v) is 22.6. The van der Waals surface area contributed by atoms with E-state index in [2.05, 4.69) is 38.2 Å². The van der Waals surface area contributed by atoms with Gasteiger partial charge in [0.15, 0.2) is 5.78 Å². The third-order valence-electron chi connectivity index (χ3n) is 10.4. The van der Waals surface area contributed by atoms with Crippen molar-refractivity contribution in [2.45, 2.75) is 194 Å². The topological polar surface area (TPSA) is 72.8 Å². The molecule has 2 rings (SSSR count). The fraction of sp³-hybridized carbons (Fsp3) is 0.640. The van der Waals surface area contributed by atoms with E-state index in [4.69, 9.17) is 9.47 Å². The Balaban J connectivity index is 1.70. The molecule has 0 spiro atoms. The Morgan fingerprint density at radius 2 is 0.873 bits per heavy atom. The molecule has 0 radical (unpaired) electrons. The smallest absolute Gasteiger partial charge is 0.336 e. The first kappa shape index (κ1) is 47.8. The molecular formula is C50H78O5. The van der Waals surface area contributed by atoms with Crippen LogP contribution in [-0.4, -0.2) is 30.1 Å². The van der Waals surface area contributed by atoms with Crippen molar-refractivity contribution in [2.24, 2.45) is 0 Å². The highest BCUT2D eigenvalue weighted by atomic mass is 16.5. The molecule has 1 N–H and O–H groups in total. The normalized spacial score (nSPS) is 11.5. The van der Waals surface area contributed by atoms with Crippen LogP contribution in [0.1, 0.15) is 220 Å². The van der Waals surface area contributed by atoms with Gasteiger partial charge in [-0.15, -0.1) is 0 Å². The van der Waals surface area contributed by atoms with Gasteiger partial charge >= 0.3 is 5.97 Å². The van der Waals surface area contributed by atoms with Gasteiger partial charge in [-0.1, -0.05) is 172 Å². The average molecular weight is 759 g/mol. The Morgan fingerprint density at radius 3 is 1.33 bits per heavy atom. The van der Waals surface area contributed by atoms with Crippen molar-refractivity contribution in [3.8, 4) is 11.5 Å². The first-order valence-electron chi connectivity index (χ1n) is 22.6. The van der Waals surface area contributed by atoms with E-state index in [0.717, 1.165) is 25.7 Å². The molecule has 0 bridgehead atoms. The van der Waals surface area contributed by atoms with Crippen LogP contribution in [0.15, 0.2) is 66.8 Å². The first-order chi connectivity index (χ1) is 27.1. The largest absolute Gasteiger partial charge is 0.493 e. The van der Waals surface area contributed by atoms with E-state index in [1.165, 1.54) is 160 Å². The number of aromatic carboxylic acids is 1.